The van der Waals surface area contributed by atoms with E-state index in [0.717, 1.165) is 6.67 Å². The molecule has 1 N–H and O–H groups in total. The topological polar surface area (TPSA) is 27.6 Å². The van der Waals surface area contributed by atoms with Crippen LogP contribution in [0.3, 0.4) is 0 Å². The van der Waals surface area contributed by atoms with Gasteiger partial charge in [-0.1, -0.05) is 13.8 Å². The van der Waals surface area contributed by atoms with Gasteiger partial charge in [-0.2, -0.15) is 5.10 Å². The maximum atomic E-state index is 3.72. The zero-order valence-corrected chi connectivity index (χ0v) is 5.68. The van der Waals surface area contributed by atoms with Crippen LogP contribution in [0.4, 0.5) is 0 Å². The summed E-state index contributed by atoms with van der Waals surface area (Å²) in [4.78, 5) is 1.96. The second-order valence-electron chi connectivity index (χ2n) is 1.32. The van der Waals surface area contributed by atoms with E-state index >= 15 is 0 Å². The Balaban J connectivity index is 0.000000222. The first-order valence-electron chi connectivity index (χ1n) is 2.86. The SMILES string of the molecule is CC.CN1C=NNC1. The zero-order valence-electron chi connectivity index (χ0n) is 5.68. The molecule has 1 aliphatic heterocycles. The Morgan fingerprint density at radius 2 is 2.25 bits per heavy atom. The van der Waals surface area contributed by atoms with Crippen molar-refractivity contribution in [1.82, 2.24) is 10.3 Å². The third kappa shape index (κ3) is 2.44. The van der Waals surface area contributed by atoms with Crippen LogP contribution in [-0.4, -0.2) is 25.0 Å². The molecule has 0 saturated carbocycles. The predicted octanol–water partition coefficient (Wildman–Crippen LogP) is 0.448. The monoisotopic (exact) mass is 115 g/mol. The fourth-order valence-electron chi connectivity index (χ4n) is 0.333. The molecule has 0 amide bonds. The Morgan fingerprint density at radius 3 is 2.38 bits per heavy atom. The first-order chi connectivity index (χ1) is 3.89. The van der Waals surface area contributed by atoms with Gasteiger partial charge in [-0.3, -0.25) is 5.43 Å². The minimum atomic E-state index is 0.847. The van der Waals surface area contributed by atoms with E-state index in [-0.39, 0.29) is 0 Å². The normalized spacial score (nSPS) is 14.6. The highest BCUT2D eigenvalue weighted by atomic mass is 15.5. The molecule has 0 aromatic carbocycles. The van der Waals surface area contributed by atoms with Gasteiger partial charge in [-0.05, 0) is 0 Å². The molecule has 0 radical (unpaired) electrons. The fraction of sp³-hybridized carbons (Fsp3) is 0.800. The van der Waals surface area contributed by atoms with Crippen LogP contribution in [0.2, 0.25) is 0 Å². The molecule has 0 aromatic heterocycles. The van der Waals surface area contributed by atoms with E-state index in [9.17, 15) is 0 Å². The maximum absolute atomic E-state index is 3.72. The summed E-state index contributed by atoms with van der Waals surface area (Å²) in [5.74, 6) is 0. The average molecular weight is 115 g/mol. The van der Waals surface area contributed by atoms with Crippen molar-refractivity contribution in [3.63, 3.8) is 0 Å². The summed E-state index contributed by atoms with van der Waals surface area (Å²) in [7, 11) is 1.96. The van der Waals surface area contributed by atoms with Crippen LogP contribution in [0.15, 0.2) is 5.10 Å². The van der Waals surface area contributed by atoms with E-state index in [1.165, 1.54) is 0 Å². The number of rotatable bonds is 0. The Morgan fingerprint density at radius 1 is 1.62 bits per heavy atom. The van der Waals surface area contributed by atoms with E-state index in [1.54, 1.807) is 6.34 Å². The largest absolute Gasteiger partial charge is 0.345 e. The van der Waals surface area contributed by atoms with Gasteiger partial charge in [0, 0.05) is 7.05 Å². The van der Waals surface area contributed by atoms with Crippen LogP contribution in [-0.2, 0) is 0 Å². The summed E-state index contributed by atoms with van der Waals surface area (Å²) in [6.45, 7) is 4.85. The van der Waals surface area contributed by atoms with Gasteiger partial charge in [0.1, 0.15) is 13.0 Å². The standard InChI is InChI=1S/C3H7N3.C2H6/c1-6-2-4-5-3-6;1-2/h2,5H,3H2,1H3;1-2H3. The van der Waals surface area contributed by atoms with Gasteiger partial charge in [-0.15, -0.1) is 0 Å². The lowest BCUT2D eigenvalue weighted by molar-refractivity contribution is 0.514. The Labute approximate surface area is 50.4 Å². The van der Waals surface area contributed by atoms with Crippen LogP contribution < -0.4 is 5.43 Å². The van der Waals surface area contributed by atoms with E-state index in [4.69, 9.17) is 0 Å². The van der Waals surface area contributed by atoms with Crippen molar-refractivity contribution in [3.05, 3.63) is 0 Å². The van der Waals surface area contributed by atoms with Crippen molar-refractivity contribution in [2.75, 3.05) is 13.7 Å². The Hall–Kier alpha value is -0.730. The minimum absolute atomic E-state index is 0.847. The van der Waals surface area contributed by atoms with Gasteiger partial charge in [0.25, 0.3) is 0 Å². The molecule has 8 heavy (non-hydrogen) atoms. The molecule has 1 heterocycles. The maximum Gasteiger partial charge on any atom is 0.112 e. The fourth-order valence-corrected chi connectivity index (χ4v) is 0.333. The first kappa shape index (κ1) is 7.27. The molecule has 0 fully saturated rings. The molecule has 3 nitrogen and oxygen atoms in total. The molecule has 0 bridgehead atoms. The van der Waals surface area contributed by atoms with Gasteiger partial charge in [0.2, 0.25) is 0 Å². The minimum Gasteiger partial charge on any atom is -0.345 e. The summed E-state index contributed by atoms with van der Waals surface area (Å²) in [6, 6.07) is 0. The summed E-state index contributed by atoms with van der Waals surface area (Å²) in [5.41, 5.74) is 2.77. The van der Waals surface area contributed by atoms with Gasteiger partial charge < -0.3 is 4.90 Å². The smallest absolute Gasteiger partial charge is 0.112 e. The van der Waals surface area contributed by atoms with Crippen molar-refractivity contribution >= 4 is 6.34 Å². The molecule has 0 aromatic rings. The van der Waals surface area contributed by atoms with E-state index in [0.29, 0.717) is 0 Å². The summed E-state index contributed by atoms with van der Waals surface area (Å²) < 4.78 is 0. The van der Waals surface area contributed by atoms with E-state index in [1.807, 2.05) is 25.8 Å². The second kappa shape index (κ2) is 4.43. The lowest BCUT2D eigenvalue weighted by atomic mass is 10.9. The highest BCUT2D eigenvalue weighted by Gasteiger charge is 1.92. The molecule has 0 aliphatic carbocycles. The number of hydrazone groups is 1. The zero-order chi connectivity index (χ0) is 6.41. The Bertz CT molecular complexity index is 70.1. The first-order valence-corrected chi connectivity index (χ1v) is 2.86. The van der Waals surface area contributed by atoms with Crippen molar-refractivity contribution in [2.24, 2.45) is 5.10 Å². The summed E-state index contributed by atoms with van der Waals surface area (Å²) in [6.07, 6.45) is 1.75. The molecule has 1 rings (SSSR count). The third-order valence-electron chi connectivity index (χ3n) is 0.666. The van der Waals surface area contributed by atoms with Gasteiger partial charge in [-0.25, -0.2) is 0 Å². The second-order valence-corrected chi connectivity index (χ2v) is 1.32. The van der Waals surface area contributed by atoms with Crippen LogP contribution in [0.1, 0.15) is 13.8 Å². The predicted molar refractivity (Wildman–Crippen MR) is 35.6 cm³/mol. The lowest BCUT2D eigenvalue weighted by Gasteiger charge is -1.99. The van der Waals surface area contributed by atoms with Crippen molar-refractivity contribution < 1.29 is 0 Å². The third-order valence-corrected chi connectivity index (χ3v) is 0.666. The number of hydrogen-bond acceptors (Lipinski definition) is 3. The van der Waals surface area contributed by atoms with Gasteiger partial charge >= 0.3 is 0 Å². The number of nitrogens with zero attached hydrogens (tertiary/aromatic N) is 2. The highest BCUT2D eigenvalue weighted by molar-refractivity contribution is 5.55. The van der Waals surface area contributed by atoms with Crippen LogP contribution in [0.25, 0.3) is 0 Å². The lowest BCUT2D eigenvalue weighted by Crippen LogP contribution is -2.17. The molecule has 0 spiro atoms. The molecule has 48 valence electrons. The molecule has 3 heteroatoms. The van der Waals surface area contributed by atoms with Crippen LogP contribution >= 0.6 is 0 Å². The quantitative estimate of drug-likeness (QED) is 0.496. The van der Waals surface area contributed by atoms with E-state index in [2.05, 4.69) is 10.5 Å². The molecule has 0 saturated heterocycles. The summed E-state index contributed by atoms with van der Waals surface area (Å²) >= 11 is 0. The molecule has 0 atom stereocenters. The van der Waals surface area contributed by atoms with Gasteiger partial charge in [0.15, 0.2) is 0 Å². The molecular formula is C5H13N3. The highest BCUT2D eigenvalue weighted by Crippen LogP contribution is 1.77. The molecule has 1 aliphatic rings. The average Bonchev–Trinajstić information content (AvgIpc) is 2.24. The molecule has 0 unspecified atom stereocenters. The van der Waals surface area contributed by atoms with Crippen molar-refractivity contribution in [3.8, 4) is 0 Å². The van der Waals surface area contributed by atoms with Crippen molar-refractivity contribution in [1.29, 1.82) is 0 Å². The summed E-state index contributed by atoms with van der Waals surface area (Å²) in [5, 5.41) is 3.72. The Kier molecular flexibility index (Phi) is 4.03. The van der Waals surface area contributed by atoms with Crippen LogP contribution in [0.5, 0.6) is 0 Å². The van der Waals surface area contributed by atoms with Crippen molar-refractivity contribution in [2.45, 2.75) is 13.8 Å². The van der Waals surface area contributed by atoms with Crippen LogP contribution in [0, 0.1) is 0 Å². The van der Waals surface area contributed by atoms with Gasteiger partial charge in [0.05, 0.1) is 0 Å². The number of hydrogen-bond donors (Lipinski definition) is 1. The number of nitrogens with one attached hydrogen (secondary N) is 1. The molecular weight excluding hydrogens is 102 g/mol. The van der Waals surface area contributed by atoms with E-state index < -0.39 is 0 Å².